The van der Waals surface area contributed by atoms with Gasteiger partial charge in [0, 0.05) is 28.0 Å². The second kappa shape index (κ2) is 3.99. The number of hydrogen-bond acceptors (Lipinski definition) is 1. The molecule has 0 aliphatic rings. The zero-order valence-electron chi connectivity index (χ0n) is 7.24. The van der Waals surface area contributed by atoms with E-state index in [-0.39, 0.29) is 0 Å². The molecule has 0 radical (unpaired) electrons. The first kappa shape index (κ1) is 9.50. The summed E-state index contributed by atoms with van der Waals surface area (Å²) in [5, 5.41) is 1.31. The largest absolute Gasteiger partial charge is 0.265 e. The molecule has 2 rings (SSSR count). The molecular formula is C11H7Cl2N. The third-order valence-corrected chi connectivity index (χ3v) is 2.56. The average molecular weight is 224 g/mol. The van der Waals surface area contributed by atoms with Crippen molar-refractivity contribution in [3.63, 3.8) is 0 Å². The second-order valence-corrected chi connectivity index (χ2v) is 3.65. The summed E-state index contributed by atoms with van der Waals surface area (Å²) in [6.07, 6.45) is 3.43. The Morgan fingerprint density at radius 2 is 1.43 bits per heavy atom. The third-order valence-electron chi connectivity index (χ3n) is 1.93. The van der Waals surface area contributed by atoms with E-state index in [1.807, 2.05) is 30.3 Å². The summed E-state index contributed by atoms with van der Waals surface area (Å²) in [7, 11) is 0. The number of rotatable bonds is 1. The summed E-state index contributed by atoms with van der Waals surface area (Å²) >= 11 is 12.1. The summed E-state index contributed by atoms with van der Waals surface area (Å²) in [4.78, 5) is 3.94. The van der Waals surface area contributed by atoms with E-state index >= 15 is 0 Å². The first-order valence-electron chi connectivity index (χ1n) is 4.13. The number of nitrogens with zero attached hydrogens (tertiary/aromatic N) is 1. The lowest BCUT2D eigenvalue weighted by molar-refractivity contribution is 1.33. The predicted octanol–water partition coefficient (Wildman–Crippen LogP) is 4.06. The van der Waals surface area contributed by atoms with Gasteiger partial charge in [0.1, 0.15) is 0 Å². The van der Waals surface area contributed by atoms with E-state index in [0.717, 1.165) is 11.1 Å². The van der Waals surface area contributed by atoms with Gasteiger partial charge in [-0.1, -0.05) is 29.3 Å². The molecular weight excluding hydrogens is 217 g/mol. The van der Waals surface area contributed by atoms with Crippen LogP contribution in [0.1, 0.15) is 0 Å². The Morgan fingerprint density at radius 3 is 2.00 bits per heavy atom. The maximum absolute atomic E-state index is 6.06. The molecule has 1 aromatic heterocycles. The molecule has 14 heavy (non-hydrogen) atoms. The highest BCUT2D eigenvalue weighted by atomic mass is 35.5. The van der Waals surface area contributed by atoms with Crippen LogP contribution in [0.5, 0.6) is 0 Å². The Kier molecular flexibility index (Phi) is 2.71. The van der Waals surface area contributed by atoms with Gasteiger partial charge in [0.15, 0.2) is 0 Å². The maximum atomic E-state index is 6.06. The Bertz CT molecular complexity index is 420. The van der Waals surface area contributed by atoms with E-state index in [9.17, 15) is 0 Å². The zero-order chi connectivity index (χ0) is 9.97. The Balaban J connectivity index is 2.63. The fourth-order valence-corrected chi connectivity index (χ4v) is 1.91. The van der Waals surface area contributed by atoms with Crippen LogP contribution in [0.4, 0.5) is 0 Å². The van der Waals surface area contributed by atoms with Gasteiger partial charge in [0.25, 0.3) is 0 Å². The first-order chi connectivity index (χ1) is 6.79. The molecule has 0 fully saturated rings. The van der Waals surface area contributed by atoms with Gasteiger partial charge in [-0.2, -0.15) is 0 Å². The van der Waals surface area contributed by atoms with Gasteiger partial charge in [-0.25, -0.2) is 0 Å². The Labute approximate surface area is 92.3 Å². The molecule has 1 heterocycles. The number of halogens is 2. The average Bonchev–Trinajstić information content (AvgIpc) is 2.19. The minimum absolute atomic E-state index is 0.656. The van der Waals surface area contributed by atoms with Crippen LogP contribution in [0.25, 0.3) is 11.1 Å². The van der Waals surface area contributed by atoms with E-state index in [1.165, 1.54) is 0 Å². The lowest BCUT2D eigenvalue weighted by atomic mass is 10.1. The van der Waals surface area contributed by atoms with Crippen molar-refractivity contribution in [2.24, 2.45) is 0 Å². The molecule has 0 unspecified atom stereocenters. The molecule has 0 bridgehead atoms. The Morgan fingerprint density at radius 1 is 0.857 bits per heavy atom. The van der Waals surface area contributed by atoms with E-state index in [4.69, 9.17) is 23.2 Å². The highest BCUT2D eigenvalue weighted by Gasteiger charge is 2.06. The van der Waals surface area contributed by atoms with Crippen molar-refractivity contribution in [2.45, 2.75) is 0 Å². The molecule has 0 N–H and O–H groups in total. The maximum Gasteiger partial charge on any atom is 0.0499 e. The summed E-state index contributed by atoms with van der Waals surface area (Å²) in [6, 6.07) is 9.24. The van der Waals surface area contributed by atoms with Crippen molar-refractivity contribution in [1.29, 1.82) is 0 Å². The van der Waals surface area contributed by atoms with Crippen LogP contribution in [-0.2, 0) is 0 Å². The van der Waals surface area contributed by atoms with Crippen molar-refractivity contribution < 1.29 is 0 Å². The standard InChI is InChI=1S/C11H7Cl2N/c12-9-2-1-3-10(13)11(9)8-4-6-14-7-5-8/h1-7H. The van der Waals surface area contributed by atoms with Crippen molar-refractivity contribution in [1.82, 2.24) is 4.98 Å². The fraction of sp³-hybridized carbons (Fsp3) is 0. The normalized spacial score (nSPS) is 10.1. The number of pyridine rings is 1. The van der Waals surface area contributed by atoms with Crippen LogP contribution in [0.2, 0.25) is 10.0 Å². The first-order valence-corrected chi connectivity index (χ1v) is 4.89. The molecule has 0 amide bonds. The SMILES string of the molecule is Clc1cccc(Cl)c1-c1ccncc1. The molecule has 1 aromatic carbocycles. The number of aromatic nitrogens is 1. The lowest BCUT2D eigenvalue weighted by Crippen LogP contribution is -1.81. The minimum Gasteiger partial charge on any atom is -0.265 e. The van der Waals surface area contributed by atoms with Gasteiger partial charge in [0.2, 0.25) is 0 Å². The third kappa shape index (κ3) is 1.74. The van der Waals surface area contributed by atoms with Crippen LogP contribution in [0, 0.1) is 0 Å². The van der Waals surface area contributed by atoms with E-state index < -0.39 is 0 Å². The molecule has 0 spiro atoms. The Hall–Kier alpha value is -1.05. The van der Waals surface area contributed by atoms with Crippen LogP contribution in [0.15, 0.2) is 42.7 Å². The molecule has 0 saturated carbocycles. The summed E-state index contributed by atoms with van der Waals surface area (Å²) in [5.41, 5.74) is 1.84. The molecule has 0 aliphatic carbocycles. The molecule has 70 valence electrons. The summed E-state index contributed by atoms with van der Waals surface area (Å²) in [5.74, 6) is 0. The quantitative estimate of drug-likeness (QED) is 0.711. The van der Waals surface area contributed by atoms with Gasteiger partial charge in [-0.3, -0.25) is 4.98 Å². The highest BCUT2D eigenvalue weighted by molar-refractivity contribution is 6.39. The van der Waals surface area contributed by atoms with Crippen LogP contribution in [0.3, 0.4) is 0 Å². The van der Waals surface area contributed by atoms with Gasteiger partial charge >= 0.3 is 0 Å². The van der Waals surface area contributed by atoms with Gasteiger partial charge in [-0.15, -0.1) is 0 Å². The van der Waals surface area contributed by atoms with E-state index in [1.54, 1.807) is 12.4 Å². The zero-order valence-corrected chi connectivity index (χ0v) is 8.76. The fourth-order valence-electron chi connectivity index (χ4n) is 1.29. The van der Waals surface area contributed by atoms with Crippen molar-refractivity contribution >= 4 is 23.2 Å². The molecule has 0 aliphatic heterocycles. The monoisotopic (exact) mass is 223 g/mol. The molecule has 0 saturated heterocycles. The van der Waals surface area contributed by atoms with Crippen LogP contribution >= 0.6 is 23.2 Å². The summed E-state index contributed by atoms with van der Waals surface area (Å²) in [6.45, 7) is 0. The lowest BCUT2D eigenvalue weighted by Gasteiger charge is -2.05. The van der Waals surface area contributed by atoms with E-state index in [2.05, 4.69) is 4.98 Å². The van der Waals surface area contributed by atoms with Gasteiger partial charge in [0.05, 0.1) is 0 Å². The van der Waals surface area contributed by atoms with E-state index in [0.29, 0.717) is 10.0 Å². The topological polar surface area (TPSA) is 12.9 Å². The van der Waals surface area contributed by atoms with Crippen molar-refractivity contribution in [3.8, 4) is 11.1 Å². The van der Waals surface area contributed by atoms with Crippen LogP contribution < -0.4 is 0 Å². The number of benzene rings is 1. The predicted molar refractivity (Wildman–Crippen MR) is 59.7 cm³/mol. The van der Waals surface area contributed by atoms with Crippen molar-refractivity contribution in [2.75, 3.05) is 0 Å². The highest BCUT2D eigenvalue weighted by Crippen LogP contribution is 2.33. The molecule has 1 nitrogen and oxygen atoms in total. The molecule has 2 aromatic rings. The van der Waals surface area contributed by atoms with Crippen LogP contribution in [-0.4, -0.2) is 4.98 Å². The van der Waals surface area contributed by atoms with Crippen molar-refractivity contribution in [3.05, 3.63) is 52.8 Å². The number of hydrogen-bond donors (Lipinski definition) is 0. The summed E-state index contributed by atoms with van der Waals surface area (Å²) < 4.78 is 0. The molecule has 0 atom stereocenters. The smallest absolute Gasteiger partial charge is 0.0499 e. The van der Waals surface area contributed by atoms with Gasteiger partial charge in [-0.05, 0) is 29.8 Å². The second-order valence-electron chi connectivity index (χ2n) is 2.83. The van der Waals surface area contributed by atoms with Gasteiger partial charge < -0.3 is 0 Å². The molecule has 3 heteroatoms. The minimum atomic E-state index is 0.656.